The van der Waals surface area contributed by atoms with Gasteiger partial charge in [-0.25, -0.2) is 4.98 Å². The molecule has 2 unspecified atom stereocenters. The van der Waals surface area contributed by atoms with E-state index in [0.29, 0.717) is 12.8 Å². The summed E-state index contributed by atoms with van der Waals surface area (Å²) in [6.07, 6.45) is 2.31. The van der Waals surface area contributed by atoms with Gasteiger partial charge in [0.05, 0.1) is 19.0 Å². The minimum Gasteiger partial charge on any atom is -0.394 e. The molecule has 13 heteroatoms. The first-order valence-corrected chi connectivity index (χ1v) is 9.28. The molecule has 0 aliphatic carbocycles. The fraction of sp³-hybridized carbons (Fsp3) is 0.571. The number of carbonyl (C=O) groups is 1. The Hall–Kier alpha value is -2.24. The lowest BCUT2D eigenvalue weighted by Crippen LogP contribution is -2.23. The SMILES string of the molecule is CC(C)C(=O)Nc1nc2ncn(C3CCC(CO)O3)c2c(=O)[nH]1.O=[P+](O)O. The molecule has 1 amide bonds. The number of H-pyrrole nitrogens is 1. The van der Waals surface area contributed by atoms with E-state index in [0.717, 1.165) is 0 Å². The maximum absolute atomic E-state index is 12.3. The second kappa shape index (κ2) is 9.11. The Morgan fingerprint density at radius 3 is 2.70 bits per heavy atom. The van der Waals surface area contributed by atoms with Crippen LogP contribution in [0.2, 0.25) is 0 Å². The lowest BCUT2D eigenvalue weighted by molar-refractivity contribution is -0.118. The first kappa shape index (κ1) is 21.1. The van der Waals surface area contributed by atoms with Crippen LogP contribution in [0.4, 0.5) is 5.95 Å². The number of nitrogens with zero attached hydrogens (tertiary/aromatic N) is 3. The zero-order chi connectivity index (χ0) is 20.1. The van der Waals surface area contributed by atoms with Crippen molar-refractivity contribution >= 4 is 31.3 Å². The van der Waals surface area contributed by atoms with Gasteiger partial charge in [-0.3, -0.25) is 24.5 Å². The van der Waals surface area contributed by atoms with Crippen LogP contribution in [0.5, 0.6) is 0 Å². The summed E-state index contributed by atoms with van der Waals surface area (Å²) >= 11 is 0. The third-order valence-corrected chi connectivity index (χ3v) is 3.80. The van der Waals surface area contributed by atoms with Crippen LogP contribution in [0.3, 0.4) is 0 Å². The Labute approximate surface area is 154 Å². The second-order valence-corrected chi connectivity index (χ2v) is 6.61. The number of imidazole rings is 1. The van der Waals surface area contributed by atoms with Gasteiger partial charge < -0.3 is 9.84 Å². The third kappa shape index (κ3) is 5.37. The molecule has 0 bridgehead atoms. The molecule has 0 radical (unpaired) electrons. The molecule has 0 spiro atoms. The van der Waals surface area contributed by atoms with Crippen molar-refractivity contribution in [3.05, 3.63) is 16.7 Å². The molecule has 2 atom stereocenters. The van der Waals surface area contributed by atoms with Crippen LogP contribution >= 0.6 is 8.25 Å². The molecule has 12 nitrogen and oxygen atoms in total. The van der Waals surface area contributed by atoms with Gasteiger partial charge in [0.15, 0.2) is 11.2 Å². The Kier molecular flexibility index (Phi) is 7.11. The molecule has 2 aromatic rings. The van der Waals surface area contributed by atoms with Crippen molar-refractivity contribution in [2.45, 2.75) is 39.0 Å². The lowest BCUT2D eigenvalue weighted by atomic mass is 10.2. The molecule has 148 valence electrons. The molecular weight excluding hydrogens is 381 g/mol. The fourth-order valence-electron chi connectivity index (χ4n) is 2.52. The number of anilines is 1. The molecule has 5 N–H and O–H groups in total. The molecule has 1 saturated heterocycles. The highest BCUT2D eigenvalue weighted by Crippen LogP contribution is 2.29. The van der Waals surface area contributed by atoms with Crippen molar-refractivity contribution in [3.63, 3.8) is 0 Å². The summed E-state index contributed by atoms with van der Waals surface area (Å²) in [5.41, 5.74) is 0.127. The van der Waals surface area contributed by atoms with E-state index >= 15 is 0 Å². The fourth-order valence-corrected chi connectivity index (χ4v) is 2.52. The van der Waals surface area contributed by atoms with E-state index in [1.54, 1.807) is 18.4 Å². The van der Waals surface area contributed by atoms with E-state index in [2.05, 4.69) is 20.3 Å². The van der Waals surface area contributed by atoms with Crippen LogP contribution in [0, 0.1) is 5.92 Å². The van der Waals surface area contributed by atoms with Gasteiger partial charge in [-0.1, -0.05) is 13.8 Å². The highest BCUT2D eigenvalue weighted by atomic mass is 31.1. The summed E-state index contributed by atoms with van der Waals surface area (Å²) < 4.78 is 16.0. The monoisotopic (exact) mass is 402 g/mol. The molecule has 3 rings (SSSR count). The summed E-state index contributed by atoms with van der Waals surface area (Å²) in [6, 6.07) is 0. The van der Waals surface area contributed by atoms with Gasteiger partial charge in [0.25, 0.3) is 5.56 Å². The zero-order valence-electron chi connectivity index (χ0n) is 14.7. The number of carbonyl (C=O) groups excluding carboxylic acids is 1. The third-order valence-electron chi connectivity index (χ3n) is 3.80. The quantitative estimate of drug-likeness (QED) is 0.440. The average molecular weight is 402 g/mol. The van der Waals surface area contributed by atoms with Gasteiger partial charge >= 0.3 is 8.25 Å². The van der Waals surface area contributed by atoms with Gasteiger partial charge in [-0.2, -0.15) is 4.98 Å². The number of aromatic nitrogens is 4. The molecule has 2 aromatic heterocycles. The van der Waals surface area contributed by atoms with Crippen molar-refractivity contribution in [2.75, 3.05) is 11.9 Å². The smallest absolute Gasteiger partial charge is 0.394 e. The number of aliphatic hydroxyl groups excluding tert-OH is 1. The standard InChI is InChI=1S/C14H19N5O4.HO3P/c1-7(2)12(21)17-14-16-11-10(13(22)18-14)19(6-15-11)9-4-3-8(5-20)23-9;1-4(2)3/h6-9,20H,3-5H2,1-2H3,(H2,16,17,18,21,22);(H-,1,2,3)/p+1. The molecule has 27 heavy (non-hydrogen) atoms. The number of amides is 1. The molecular formula is C14H21N5O7P+. The number of aliphatic hydroxyl groups is 1. The van der Waals surface area contributed by atoms with Crippen LogP contribution in [0.25, 0.3) is 11.2 Å². The molecule has 3 heterocycles. The van der Waals surface area contributed by atoms with Gasteiger partial charge in [0, 0.05) is 10.5 Å². The highest BCUT2D eigenvalue weighted by molar-refractivity contribution is 7.30. The van der Waals surface area contributed by atoms with Crippen LogP contribution in [-0.4, -0.2) is 53.0 Å². The normalized spacial score (nSPS) is 19.0. The van der Waals surface area contributed by atoms with Crippen LogP contribution in [0.15, 0.2) is 11.1 Å². The largest absolute Gasteiger partial charge is 0.692 e. The summed E-state index contributed by atoms with van der Waals surface area (Å²) in [5, 5.41) is 11.7. The Balaban J connectivity index is 0.000000596. The van der Waals surface area contributed by atoms with Crippen molar-refractivity contribution in [3.8, 4) is 0 Å². The van der Waals surface area contributed by atoms with Crippen LogP contribution in [-0.2, 0) is 14.1 Å². The lowest BCUT2D eigenvalue weighted by Gasteiger charge is -2.14. The number of hydrogen-bond donors (Lipinski definition) is 5. The minimum absolute atomic E-state index is 0.0525. The van der Waals surface area contributed by atoms with Crippen molar-refractivity contribution in [1.82, 2.24) is 19.5 Å². The first-order valence-electron chi connectivity index (χ1n) is 8.12. The summed E-state index contributed by atoms with van der Waals surface area (Å²) in [4.78, 5) is 49.1. The van der Waals surface area contributed by atoms with Crippen molar-refractivity contribution < 1.29 is 29.0 Å². The Morgan fingerprint density at radius 2 is 2.15 bits per heavy atom. The van der Waals surface area contributed by atoms with Crippen molar-refractivity contribution in [1.29, 1.82) is 0 Å². The van der Waals surface area contributed by atoms with E-state index < -0.39 is 13.8 Å². The summed E-state index contributed by atoms with van der Waals surface area (Å²) in [7, 11) is -2.87. The molecule has 1 aliphatic heterocycles. The molecule has 1 fully saturated rings. The van der Waals surface area contributed by atoms with E-state index in [1.165, 1.54) is 6.33 Å². The maximum Gasteiger partial charge on any atom is 0.692 e. The zero-order valence-corrected chi connectivity index (χ0v) is 15.6. The topological polar surface area (TPSA) is 180 Å². The predicted octanol–water partition coefficient (Wildman–Crippen LogP) is 0.0124. The summed E-state index contributed by atoms with van der Waals surface area (Å²) in [5.74, 6) is -0.389. The first-order chi connectivity index (χ1) is 12.7. The number of aromatic amines is 1. The Bertz CT molecular complexity index is 876. The number of rotatable bonds is 4. The minimum atomic E-state index is -2.87. The van der Waals surface area contributed by atoms with E-state index in [4.69, 9.17) is 24.2 Å². The number of ether oxygens (including phenoxy) is 1. The highest BCUT2D eigenvalue weighted by Gasteiger charge is 2.28. The van der Waals surface area contributed by atoms with Crippen molar-refractivity contribution in [2.24, 2.45) is 5.92 Å². The predicted molar refractivity (Wildman–Crippen MR) is 93.9 cm³/mol. The Morgan fingerprint density at radius 1 is 1.48 bits per heavy atom. The van der Waals surface area contributed by atoms with E-state index in [1.807, 2.05) is 0 Å². The number of fused-ring (bicyclic) bond motifs is 1. The number of nitrogens with one attached hydrogen (secondary N) is 2. The number of hydrogen-bond acceptors (Lipinski definition) is 7. The summed E-state index contributed by atoms with van der Waals surface area (Å²) in [6.45, 7) is 3.44. The van der Waals surface area contributed by atoms with E-state index in [-0.39, 0.29) is 47.9 Å². The van der Waals surface area contributed by atoms with Gasteiger partial charge in [-0.05, 0) is 12.8 Å². The van der Waals surface area contributed by atoms with E-state index in [9.17, 15) is 9.59 Å². The molecule has 0 aromatic carbocycles. The maximum atomic E-state index is 12.3. The van der Waals surface area contributed by atoms with Gasteiger partial charge in [0.1, 0.15) is 6.23 Å². The van der Waals surface area contributed by atoms with Crippen LogP contribution < -0.4 is 10.9 Å². The van der Waals surface area contributed by atoms with Gasteiger partial charge in [0.2, 0.25) is 11.9 Å². The second-order valence-electron chi connectivity index (χ2n) is 6.11. The molecule has 1 aliphatic rings. The average Bonchev–Trinajstić information content (AvgIpc) is 3.20. The van der Waals surface area contributed by atoms with Crippen LogP contribution in [0.1, 0.15) is 32.9 Å². The molecule has 0 saturated carbocycles. The van der Waals surface area contributed by atoms with Gasteiger partial charge in [-0.15, -0.1) is 9.79 Å².